The number of nitrogens with zero attached hydrogens (tertiary/aromatic N) is 6. The van der Waals surface area contributed by atoms with Gasteiger partial charge in [-0.2, -0.15) is 0 Å². The van der Waals surface area contributed by atoms with E-state index in [0.29, 0.717) is 46.6 Å². The average molecular weight is 797 g/mol. The van der Waals surface area contributed by atoms with Gasteiger partial charge in [-0.15, -0.1) is 0 Å². The molecule has 0 bridgehead atoms. The lowest BCUT2D eigenvalue weighted by Crippen LogP contribution is -2.42. The van der Waals surface area contributed by atoms with Crippen LogP contribution in [-0.2, 0) is 49.6 Å². The van der Waals surface area contributed by atoms with Crippen LogP contribution in [0.1, 0.15) is 94.5 Å². The number of aromatic nitrogens is 4. The van der Waals surface area contributed by atoms with E-state index in [2.05, 4.69) is 20.4 Å². The summed E-state index contributed by atoms with van der Waals surface area (Å²) in [5, 5.41) is 15.9. The Kier molecular flexibility index (Phi) is 11.5. The number of ether oxygens (including phenoxy) is 1. The van der Waals surface area contributed by atoms with Gasteiger partial charge in [0.2, 0.25) is 0 Å². The number of carboxylic acid groups (broad SMARTS) is 1. The van der Waals surface area contributed by atoms with Crippen LogP contribution in [0, 0.1) is 18.8 Å². The van der Waals surface area contributed by atoms with Gasteiger partial charge in [0.15, 0.2) is 11.6 Å². The Morgan fingerprint density at radius 3 is 2.07 bits per heavy atom. The Labute approximate surface area is 338 Å². The molecule has 3 aliphatic heterocycles. The van der Waals surface area contributed by atoms with Crippen LogP contribution in [0.4, 0.5) is 11.4 Å². The number of anilines is 2. The van der Waals surface area contributed by atoms with Crippen molar-refractivity contribution in [3.05, 3.63) is 81.4 Å². The minimum Gasteiger partial charge on any atom is -0.481 e. The maximum atomic E-state index is 13.8. The summed E-state index contributed by atoms with van der Waals surface area (Å²) in [5.41, 5.74) is 7.59. The highest BCUT2D eigenvalue weighted by Crippen LogP contribution is 2.38. The monoisotopic (exact) mass is 796 g/mol. The molecule has 302 valence electrons. The standard InChI is InChI=1S/C43H53ClN8O5/c1-26-30(31-7-5-9-33(38(31)44)48-42(54)40-46-35-25-52(21-16-37(35)50(40)3)29-17-22-57-23-18-29)6-4-8-32(26)47-41(53)39-45-34-24-51(20-15-36(34)49(39)2)19-14-27-10-12-28(13-11-27)43(55)56/h4-9,27-29H,10-25H2,1-3H3,(H,47,53)(H,48,54)(H,55,56). The average Bonchev–Trinajstić information content (AvgIpc) is 3.74. The Hall–Kier alpha value is -4.56. The molecule has 5 heterocycles. The number of halogens is 1. The predicted molar refractivity (Wildman–Crippen MR) is 219 cm³/mol. The molecule has 0 radical (unpaired) electrons. The molecule has 57 heavy (non-hydrogen) atoms. The van der Waals surface area contributed by atoms with Crippen LogP contribution in [0.3, 0.4) is 0 Å². The number of carboxylic acids is 1. The number of amides is 2. The van der Waals surface area contributed by atoms with Crippen molar-refractivity contribution in [2.45, 2.75) is 83.8 Å². The zero-order valence-corrected chi connectivity index (χ0v) is 33.9. The highest BCUT2D eigenvalue weighted by atomic mass is 35.5. The van der Waals surface area contributed by atoms with Crippen molar-refractivity contribution in [1.82, 2.24) is 28.9 Å². The van der Waals surface area contributed by atoms with Crippen LogP contribution < -0.4 is 10.6 Å². The molecule has 2 amide bonds. The molecule has 3 N–H and O–H groups in total. The third kappa shape index (κ3) is 8.12. The van der Waals surface area contributed by atoms with Crippen molar-refractivity contribution in [2.24, 2.45) is 25.9 Å². The van der Waals surface area contributed by atoms with Gasteiger partial charge in [0, 0.05) is 95.0 Å². The molecule has 13 nitrogen and oxygen atoms in total. The molecule has 0 unspecified atom stereocenters. The Balaban J connectivity index is 0.921. The topological polar surface area (TPSA) is 147 Å². The van der Waals surface area contributed by atoms with Crippen molar-refractivity contribution >= 4 is 40.8 Å². The van der Waals surface area contributed by atoms with Gasteiger partial charge < -0.3 is 29.6 Å². The molecule has 2 aromatic heterocycles. The molecule has 4 aliphatic rings. The fourth-order valence-corrected chi connectivity index (χ4v) is 9.68. The van der Waals surface area contributed by atoms with E-state index in [4.69, 9.17) is 26.3 Å². The number of imidazole rings is 2. The van der Waals surface area contributed by atoms with E-state index in [1.54, 1.807) is 6.07 Å². The number of hydrogen-bond acceptors (Lipinski definition) is 8. The number of rotatable bonds is 10. The summed E-state index contributed by atoms with van der Waals surface area (Å²) in [6.07, 6.45) is 8.25. The van der Waals surface area contributed by atoms with E-state index in [1.807, 2.05) is 60.5 Å². The second kappa shape index (κ2) is 16.7. The van der Waals surface area contributed by atoms with E-state index >= 15 is 0 Å². The predicted octanol–water partition coefficient (Wildman–Crippen LogP) is 6.46. The summed E-state index contributed by atoms with van der Waals surface area (Å²) in [6, 6.07) is 11.8. The highest BCUT2D eigenvalue weighted by Gasteiger charge is 2.31. The fraction of sp³-hybridized carbons (Fsp3) is 0.512. The summed E-state index contributed by atoms with van der Waals surface area (Å²) in [4.78, 5) is 53.3. The van der Waals surface area contributed by atoms with Gasteiger partial charge in [-0.25, -0.2) is 9.97 Å². The number of carbonyl (C=O) groups excluding carboxylic acids is 2. The van der Waals surface area contributed by atoms with Gasteiger partial charge in [-0.3, -0.25) is 24.2 Å². The molecule has 0 spiro atoms. The van der Waals surface area contributed by atoms with E-state index in [0.717, 1.165) is 137 Å². The Morgan fingerprint density at radius 2 is 1.40 bits per heavy atom. The maximum Gasteiger partial charge on any atom is 0.306 e. The normalized spacial score (nSPS) is 20.5. The molecule has 1 aliphatic carbocycles. The van der Waals surface area contributed by atoms with Crippen molar-refractivity contribution < 1.29 is 24.2 Å². The zero-order chi connectivity index (χ0) is 39.8. The second-order valence-electron chi connectivity index (χ2n) is 16.3. The molecular formula is C43H53ClN8O5. The quantitative estimate of drug-likeness (QED) is 0.165. The number of carbonyl (C=O) groups is 3. The van der Waals surface area contributed by atoms with Crippen LogP contribution in [0.15, 0.2) is 36.4 Å². The van der Waals surface area contributed by atoms with Crippen molar-refractivity contribution in [1.29, 1.82) is 0 Å². The Bertz CT molecular complexity index is 2170. The maximum absolute atomic E-state index is 13.8. The van der Waals surface area contributed by atoms with Crippen LogP contribution in [0.5, 0.6) is 0 Å². The summed E-state index contributed by atoms with van der Waals surface area (Å²) >= 11 is 7.04. The molecule has 1 saturated heterocycles. The molecular weight excluding hydrogens is 744 g/mol. The third-order valence-electron chi connectivity index (χ3n) is 12.9. The molecule has 2 fully saturated rings. The smallest absolute Gasteiger partial charge is 0.306 e. The third-order valence-corrected chi connectivity index (χ3v) is 13.3. The van der Waals surface area contributed by atoms with Gasteiger partial charge >= 0.3 is 5.97 Å². The first-order chi connectivity index (χ1) is 27.5. The molecule has 0 atom stereocenters. The highest BCUT2D eigenvalue weighted by molar-refractivity contribution is 6.36. The van der Waals surface area contributed by atoms with Gasteiger partial charge in [0.25, 0.3) is 11.8 Å². The number of nitrogens with one attached hydrogen (secondary N) is 2. The van der Waals surface area contributed by atoms with E-state index in [-0.39, 0.29) is 17.7 Å². The lowest BCUT2D eigenvalue weighted by molar-refractivity contribution is -0.143. The molecule has 8 rings (SSSR count). The zero-order valence-electron chi connectivity index (χ0n) is 33.2. The van der Waals surface area contributed by atoms with Crippen LogP contribution in [-0.4, -0.2) is 90.7 Å². The largest absolute Gasteiger partial charge is 0.481 e. The fourth-order valence-electron chi connectivity index (χ4n) is 9.41. The lowest BCUT2D eigenvalue weighted by Gasteiger charge is -2.36. The van der Waals surface area contributed by atoms with Crippen molar-refractivity contribution in [3.63, 3.8) is 0 Å². The lowest BCUT2D eigenvalue weighted by atomic mass is 9.80. The minimum absolute atomic E-state index is 0.190. The second-order valence-corrected chi connectivity index (χ2v) is 16.6. The first-order valence-corrected chi connectivity index (χ1v) is 20.8. The SMILES string of the molecule is Cc1c(NC(=O)c2nc3c(n2C)CCN(CCC2CCC(C(=O)O)CC2)C3)cccc1-c1cccc(NC(=O)c2nc3c(n2C)CCN(C2CCOCC2)C3)c1Cl. The molecule has 14 heteroatoms. The number of aliphatic carboxylic acids is 1. The molecule has 1 saturated carbocycles. The first-order valence-electron chi connectivity index (χ1n) is 20.4. The van der Waals surface area contributed by atoms with Gasteiger partial charge in [0.05, 0.1) is 28.0 Å². The molecule has 2 aromatic carbocycles. The first kappa shape index (κ1) is 39.3. The van der Waals surface area contributed by atoms with E-state index < -0.39 is 5.97 Å². The summed E-state index contributed by atoms with van der Waals surface area (Å²) in [6.45, 7) is 7.73. The number of benzene rings is 2. The summed E-state index contributed by atoms with van der Waals surface area (Å²) < 4.78 is 9.39. The van der Waals surface area contributed by atoms with E-state index in [1.165, 1.54) is 0 Å². The molecule has 4 aromatic rings. The van der Waals surface area contributed by atoms with Gasteiger partial charge in [-0.05, 0) is 87.6 Å². The summed E-state index contributed by atoms with van der Waals surface area (Å²) in [5.74, 6) is -0.162. The van der Waals surface area contributed by atoms with Gasteiger partial charge in [0.1, 0.15) is 0 Å². The Morgan fingerprint density at radius 1 is 0.807 bits per heavy atom. The summed E-state index contributed by atoms with van der Waals surface area (Å²) in [7, 11) is 3.81. The van der Waals surface area contributed by atoms with E-state index in [9.17, 15) is 19.5 Å². The number of hydrogen-bond donors (Lipinski definition) is 3. The van der Waals surface area contributed by atoms with Crippen LogP contribution >= 0.6 is 11.6 Å². The number of fused-ring (bicyclic) bond motifs is 2. The minimum atomic E-state index is -0.663. The van der Waals surface area contributed by atoms with Gasteiger partial charge in [-0.1, -0.05) is 35.9 Å². The van der Waals surface area contributed by atoms with Crippen LogP contribution in [0.2, 0.25) is 5.02 Å². The van der Waals surface area contributed by atoms with Crippen molar-refractivity contribution in [3.8, 4) is 11.1 Å². The van der Waals surface area contributed by atoms with Crippen LogP contribution in [0.25, 0.3) is 11.1 Å². The van der Waals surface area contributed by atoms with Crippen molar-refractivity contribution in [2.75, 3.05) is 43.5 Å².